The third-order valence-electron chi connectivity index (χ3n) is 5.15. The van der Waals surface area contributed by atoms with E-state index in [1.54, 1.807) is 7.05 Å². The average molecular weight is 355 g/mol. The Bertz CT molecular complexity index is 677. The molecule has 26 heavy (non-hydrogen) atoms. The van der Waals surface area contributed by atoms with Gasteiger partial charge >= 0.3 is 0 Å². The van der Waals surface area contributed by atoms with Crippen molar-refractivity contribution >= 4 is 11.9 Å². The number of hydrogen-bond donors (Lipinski definition) is 2. The van der Waals surface area contributed by atoms with Gasteiger partial charge in [-0.25, -0.2) is 0 Å². The second-order valence-electron chi connectivity index (χ2n) is 6.82. The summed E-state index contributed by atoms with van der Waals surface area (Å²) in [5.41, 5.74) is 1.85. The summed E-state index contributed by atoms with van der Waals surface area (Å²) in [5.74, 6) is 0.928. The first-order valence-electron chi connectivity index (χ1n) is 9.37. The van der Waals surface area contributed by atoms with Crippen LogP contribution in [-0.2, 0) is 6.42 Å². The van der Waals surface area contributed by atoms with Crippen LogP contribution in [0.4, 0.5) is 0 Å². The molecule has 0 aromatic heterocycles. The van der Waals surface area contributed by atoms with Crippen molar-refractivity contribution in [1.82, 2.24) is 20.4 Å². The van der Waals surface area contributed by atoms with Gasteiger partial charge in [0.15, 0.2) is 5.96 Å². The van der Waals surface area contributed by atoms with Crippen molar-refractivity contribution < 1.29 is 4.79 Å². The molecule has 0 spiro atoms. The molecule has 2 aliphatic rings. The number of nitrogens with zero attached hydrogens (tertiary/aromatic N) is 3. The molecule has 1 unspecified atom stereocenters. The number of carbonyl (C=O) groups is 1. The topological polar surface area (TPSA) is 60.0 Å². The van der Waals surface area contributed by atoms with Crippen molar-refractivity contribution in [3.05, 3.63) is 47.5 Å². The van der Waals surface area contributed by atoms with Crippen molar-refractivity contribution in [2.24, 2.45) is 4.99 Å². The van der Waals surface area contributed by atoms with Crippen LogP contribution in [0.3, 0.4) is 0 Å². The van der Waals surface area contributed by atoms with Crippen LogP contribution < -0.4 is 10.6 Å². The minimum Gasteiger partial charge on any atom is -0.356 e. The first kappa shape index (κ1) is 18.5. The molecule has 2 aliphatic heterocycles. The van der Waals surface area contributed by atoms with Crippen LogP contribution >= 0.6 is 0 Å². The Morgan fingerprint density at radius 1 is 1.31 bits per heavy atom. The SMILES string of the molecule is CN=C(NCCc1cccc(C(=O)NC)c1)N1CCC(N2CC=CC2)C1. The van der Waals surface area contributed by atoms with Gasteiger partial charge in [-0.2, -0.15) is 0 Å². The zero-order chi connectivity index (χ0) is 18.4. The Kier molecular flexibility index (Phi) is 6.28. The lowest BCUT2D eigenvalue weighted by Crippen LogP contribution is -2.43. The molecule has 1 amide bonds. The minimum absolute atomic E-state index is 0.0462. The average Bonchev–Trinajstić information content (AvgIpc) is 3.36. The highest BCUT2D eigenvalue weighted by molar-refractivity contribution is 5.94. The summed E-state index contributed by atoms with van der Waals surface area (Å²) < 4.78 is 0. The summed E-state index contributed by atoms with van der Waals surface area (Å²) in [6.45, 7) is 5.04. The minimum atomic E-state index is -0.0462. The molecule has 0 saturated carbocycles. The van der Waals surface area contributed by atoms with Crippen LogP contribution in [0.25, 0.3) is 0 Å². The molecule has 1 atom stereocenters. The van der Waals surface area contributed by atoms with Gasteiger partial charge in [0.1, 0.15) is 0 Å². The molecule has 2 N–H and O–H groups in total. The van der Waals surface area contributed by atoms with E-state index in [2.05, 4.69) is 43.6 Å². The third-order valence-corrected chi connectivity index (χ3v) is 5.15. The van der Waals surface area contributed by atoms with Crippen molar-refractivity contribution in [2.75, 3.05) is 46.8 Å². The van der Waals surface area contributed by atoms with E-state index in [9.17, 15) is 4.79 Å². The summed E-state index contributed by atoms with van der Waals surface area (Å²) in [7, 11) is 3.50. The highest BCUT2D eigenvalue weighted by Gasteiger charge is 2.29. The van der Waals surface area contributed by atoms with E-state index in [-0.39, 0.29) is 5.91 Å². The number of amides is 1. The van der Waals surface area contributed by atoms with Gasteiger partial charge in [-0.15, -0.1) is 0 Å². The lowest BCUT2D eigenvalue weighted by molar-refractivity contribution is 0.0963. The van der Waals surface area contributed by atoms with E-state index in [0.717, 1.165) is 50.7 Å². The molecule has 140 valence electrons. The van der Waals surface area contributed by atoms with E-state index in [1.807, 2.05) is 25.2 Å². The van der Waals surface area contributed by atoms with Crippen molar-refractivity contribution in [2.45, 2.75) is 18.9 Å². The second kappa shape index (κ2) is 8.85. The van der Waals surface area contributed by atoms with Crippen LogP contribution in [-0.4, -0.2) is 74.5 Å². The second-order valence-corrected chi connectivity index (χ2v) is 6.82. The van der Waals surface area contributed by atoms with Crippen molar-refractivity contribution in [3.63, 3.8) is 0 Å². The molecule has 1 aromatic carbocycles. The Morgan fingerprint density at radius 3 is 2.85 bits per heavy atom. The van der Waals surface area contributed by atoms with Crippen molar-refractivity contribution in [1.29, 1.82) is 0 Å². The highest BCUT2D eigenvalue weighted by Crippen LogP contribution is 2.17. The third kappa shape index (κ3) is 4.43. The van der Waals surface area contributed by atoms with Gasteiger partial charge in [0.2, 0.25) is 0 Å². The largest absolute Gasteiger partial charge is 0.356 e. The van der Waals surface area contributed by atoms with Crippen LogP contribution in [0.2, 0.25) is 0 Å². The van der Waals surface area contributed by atoms with E-state index >= 15 is 0 Å². The fourth-order valence-corrected chi connectivity index (χ4v) is 3.69. The molecule has 1 saturated heterocycles. The van der Waals surface area contributed by atoms with E-state index < -0.39 is 0 Å². The fourth-order valence-electron chi connectivity index (χ4n) is 3.69. The number of rotatable bonds is 5. The van der Waals surface area contributed by atoms with Crippen LogP contribution in [0.1, 0.15) is 22.3 Å². The number of aliphatic imine (C=N–C) groups is 1. The quantitative estimate of drug-likeness (QED) is 0.472. The maximum absolute atomic E-state index is 11.7. The number of hydrogen-bond acceptors (Lipinski definition) is 3. The van der Waals surface area contributed by atoms with Gasteiger partial charge in [-0.1, -0.05) is 24.3 Å². The first-order chi connectivity index (χ1) is 12.7. The zero-order valence-electron chi connectivity index (χ0n) is 15.7. The number of carbonyl (C=O) groups excluding carboxylic acids is 1. The summed E-state index contributed by atoms with van der Waals surface area (Å²) >= 11 is 0. The highest BCUT2D eigenvalue weighted by atomic mass is 16.1. The molecule has 2 heterocycles. The van der Waals surface area contributed by atoms with Gasteiger partial charge in [0.05, 0.1) is 0 Å². The molecule has 0 aliphatic carbocycles. The first-order valence-corrected chi connectivity index (χ1v) is 9.37. The molecule has 6 heteroatoms. The maximum atomic E-state index is 11.7. The van der Waals surface area contributed by atoms with E-state index in [4.69, 9.17) is 0 Å². The van der Waals surface area contributed by atoms with Gasteiger partial charge in [0, 0.05) is 58.4 Å². The lowest BCUT2D eigenvalue weighted by Gasteiger charge is -2.25. The zero-order valence-corrected chi connectivity index (χ0v) is 15.7. The molecule has 6 nitrogen and oxygen atoms in total. The van der Waals surface area contributed by atoms with Crippen LogP contribution in [0.5, 0.6) is 0 Å². The predicted octanol–water partition coefficient (Wildman–Crippen LogP) is 1.11. The lowest BCUT2D eigenvalue weighted by atomic mass is 10.1. The number of nitrogens with one attached hydrogen (secondary N) is 2. The van der Waals surface area contributed by atoms with Gasteiger partial charge in [0.25, 0.3) is 5.91 Å². The summed E-state index contributed by atoms with van der Waals surface area (Å²) in [6.07, 6.45) is 6.55. The van der Waals surface area contributed by atoms with Gasteiger partial charge < -0.3 is 15.5 Å². The molecule has 0 bridgehead atoms. The molecule has 3 rings (SSSR count). The van der Waals surface area contributed by atoms with Crippen LogP contribution in [0, 0.1) is 0 Å². The summed E-state index contributed by atoms with van der Waals surface area (Å²) in [4.78, 5) is 21.1. The Labute approximate surface area is 156 Å². The van der Waals surface area contributed by atoms with Gasteiger partial charge in [-0.3, -0.25) is 14.7 Å². The standard InChI is InChI=1S/C20H29N5O/c1-21-19(26)17-7-5-6-16(14-17)8-10-23-20(22-2)25-13-9-18(15-25)24-11-3-4-12-24/h3-7,14,18H,8-13,15H2,1-2H3,(H,21,26)(H,22,23). The number of guanidine groups is 1. The number of benzene rings is 1. The fraction of sp³-hybridized carbons (Fsp3) is 0.500. The monoisotopic (exact) mass is 355 g/mol. The normalized spacial score (nSPS) is 20.6. The van der Waals surface area contributed by atoms with Crippen molar-refractivity contribution in [3.8, 4) is 0 Å². The Morgan fingerprint density at radius 2 is 2.12 bits per heavy atom. The predicted molar refractivity (Wildman–Crippen MR) is 106 cm³/mol. The molecule has 0 radical (unpaired) electrons. The number of likely N-dealkylation sites (tertiary alicyclic amines) is 1. The molecule has 1 aromatic rings. The summed E-state index contributed by atoms with van der Waals surface area (Å²) in [6, 6.07) is 8.40. The van der Waals surface area contributed by atoms with Crippen LogP contribution in [0.15, 0.2) is 41.4 Å². The Balaban J connectivity index is 1.48. The smallest absolute Gasteiger partial charge is 0.251 e. The molecular weight excluding hydrogens is 326 g/mol. The Hall–Kier alpha value is -2.34. The summed E-state index contributed by atoms with van der Waals surface area (Å²) in [5, 5.41) is 6.14. The van der Waals surface area contributed by atoms with Gasteiger partial charge in [-0.05, 0) is 30.5 Å². The maximum Gasteiger partial charge on any atom is 0.251 e. The molecular formula is C20H29N5O. The van der Waals surface area contributed by atoms with E-state index in [0.29, 0.717) is 11.6 Å². The molecule has 1 fully saturated rings. The van der Waals surface area contributed by atoms with E-state index in [1.165, 1.54) is 6.42 Å².